The average molecular weight is 864 g/mol. The molecule has 332 valence electrons. The number of anilines is 1. The van der Waals surface area contributed by atoms with E-state index in [1.165, 1.54) is 17.0 Å². The van der Waals surface area contributed by atoms with Gasteiger partial charge in [-0.1, -0.05) is 77.1 Å². The molecule has 1 amide bonds. The van der Waals surface area contributed by atoms with Crippen molar-refractivity contribution >= 4 is 33.1 Å². The Morgan fingerprint density at radius 3 is 2.34 bits per heavy atom. The van der Waals surface area contributed by atoms with Crippen LogP contribution in [0.1, 0.15) is 103 Å². The summed E-state index contributed by atoms with van der Waals surface area (Å²) in [7, 11) is -4.41. The lowest BCUT2D eigenvalue weighted by atomic mass is 9.81. The highest BCUT2D eigenvalue weighted by Crippen LogP contribution is 2.48. The smallest absolute Gasteiger partial charge is 0.251 e. The second kappa shape index (κ2) is 19.7. The second-order valence-corrected chi connectivity index (χ2v) is 20.1. The van der Waals surface area contributed by atoms with Gasteiger partial charge in [0.1, 0.15) is 18.1 Å². The van der Waals surface area contributed by atoms with E-state index in [0.29, 0.717) is 45.1 Å². The lowest BCUT2D eigenvalue weighted by molar-refractivity contribution is -0.433. The minimum absolute atomic E-state index is 0.0916. The molecule has 0 radical (unpaired) electrons. The standard InChI is InChI=1S/C51H65N3O7S/c1-9-53-43-22-14-13-21-41(43)50(5,6)45(53)27-24-37-17-15-18-38(47(37)61-40-19-11-10-12-20-40)25-28-46-51(7,8)42-35-39(23-26-44(42)54(46)30-16-34-62(56,57)58)48(55)52-29-31-59-32-33-60-36-49(2,3)4/h10-14,19-28,35H,9,15-18,29-34,36H2,1-8H3,(H-,52,55,56,57,58). The van der Waals surface area contributed by atoms with Crippen LogP contribution in [0.4, 0.5) is 11.4 Å². The van der Waals surface area contributed by atoms with Gasteiger partial charge < -0.3 is 29.0 Å². The van der Waals surface area contributed by atoms with Crippen LogP contribution in [0.3, 0.4) is 0 Å². The number of fused-ring (bicyclic) bond motifs is 2. The van der Waals surface area contributed by atoms with Crippen LogP contribution in [0.5, 0.6) is 5.75 Å². The van der Waals surface area contributed by atoms with Gasteiger partial charge in [0.15, 0.2) is 5.71 Å². The van der Waals surface area contributed by atoms with Crippen molar-refractivity contribution in [2.24, 2.45) is 5.41 Å². The zero-order valence-corrected chi connectivity index (χ0v) is 38.7. The Hall–Kier alpha value is -4.81. The number of rotatable bonds is 18. The first-order valence-corrected chi connectivity index (χ1v) is 23.6. The Morgan fingerprint density at radius 1 is 0.887 bits per heavy atom. The summed E-state index contributed by atoms with van der Waals surface area (Å²) in [5.41, 5.74) is 8.58. The Kier molecular flexibility index (Phi) is 14.8. The van der Waals surface area contributed by atoms with E-state index in [2.05, 4.69) is 119 Å². The summed E-state index contributed by atoms with van der Waals surface area (Å²) in [6.45, 7) is 20.8. The Morgan fingerprint density at radius 2 is 1.61 bits per heavy atom. The summed E-state index contributed by atoms with van der Waals surface area (Å²) >= 11 is 0. The molecule has 6 rings (SSSR count). The predicted molar refractivity (Wildman–Crippen MR) is 248 cm³/mol. The molecule has 0 saturated carbocycles. The maximum Gasteiger partial charge on any atom is 0.251 e. The summed E-state index contributed by atoms with van der Waals surface area (Å²) in [6.07, 6.45) is 11.5. The van der Waals surface area contributed by atoms with Crippen LogP contribution >= 0.6 is 0 Å². The van der Waals surface area contributed by atoms with Crippen molar-refractivity contribution < 1.29 is 36.6 Å². The van der Waals surface area contributed by atoms with Crippen molar-refractivity contribution in [3.63, 3.8) is 0 Å². The highest BCUT2D eigenvalue weighted by molar-refractivity contribution is 7.85. The predicted octanol–water partition coefficient (Wildman–Crippen LogP) is 9.51. The minimum Gasteiger partial charge on any atom is -0.748 e. The van der Waals surface area contributed by atoms with Gasteiger partial charge >= 0.3 is 0 Å². The summed E-state index contributed by atoms with van der Waals surface area (Å²) in [5, 5.41) is 2.97. The van der Waals surface area contributed by atoms with Crippen molar-refractivity contribution in [3.8, 4) is 5.75 Å². The van der Waals surface area contributed by atoms with Gasteiger partial charge in [-0.25, -0.2) is 8.42 Å². The maximum absolute atomic E-state index is 13.4. The van der Waals surface area contributed by atoms with E-state index in [1.807, 2.05) is 42.5 Å². The third-order valence-electron chi connectivity index (χ3n) is 11.8. The number of hydrogen-bond acceptors (Lipinski definition) is 8. The van der Waals surface area contributed by atoms with Gasteiger partial charge in [-0.05, 0) is 111 Å². The Balaban J connectivity index is 1.30. The quantitative estimate of drug-likeness (QED) is 0.0764. The molecule has 3 aromatic rings. The molecule has 0 unspecified atom stereocenters. The van der Waals surface area contributed by atoms with E-state index < -0.39 is 21.3 Å². The number of allylic oxidation sites excluding steroid dienone is 7. The average Bonchev–Trinajstić information content (AvgIpc) is 3.57. The normalized spacial score (nSPS) is 18.6. The van der Waals surface area contributed by atoms with Gasteiger partial charge in [0.25, 0.3) is 5.91 Å². The van der Waals surface area contributed by atoms with Crippen molar-refractivity contribution in [2.45, 2.75) is 91.9 Å². The number of hydrogen-bond donors (Lipinski definition) is 1. The largest absolute Gasteiger partial charge is 0.748 e. The Bertz CT molecular complexity index is 2370. The summed E-state index contributed by atoms with van der Waals surface area (Å²) < 4.78 is 55.7. The van der Waals surface area contributed by atoms with Gasteiger partial charge in [0, 0.05) is 58.9 Å². The fourth-order valence-corrected chi connectivity index (χ4v) is 9.18. The highest BCUT2D eigenvalue weighted by atomic mass is 32.2. The zero-order valence-electron chi connectivity index (χ0n) is 37.9. The van der Waals surface area contributed by atoms with Crippen molar-refractivity contribution in [1.29, 1.82) is 0 Å². The van der Waals surface area contributed by atoms with Crippen molar-refractivity contribution in [3.05, 3.63) is 136 Å². The fraction of sp³-hybridized carbons (Fsp3) is 0.451. The summed E-state index contributed by atoms with van der Waals surface area (Å²) in [6, 6.07) is 24.1. The second-order valence-electron chi connectivity index (χ2n) is 18.6. The first-order valence-electron chi connectivity index (χ1n) is 22.0. The molecule has 3 aromatic carbocycles. The molecule has 11 heteroatoms. The first-order chi connectivity index (χ1) is 29.4. The van der Waals surface area contributed by atoms with Crippen LogP contribution in [0.25, 0.3) is 0 Å². The number of carbonyl (C=O) groups is 1. The van der Waals surface area contributed by atoms with Crippen LogP contribution < -0.4 is 15.0 Å². The molecule has 0 fully saturated rings. The minimum atomic E-state index is -4.41. The van der Waals surface area contributed by atoms with Gasteiger partial charge in [0.05, 0.1) is 42.0 Å². The van der Waals surface area contributed by atoms with Gasteiger partial charge in [-0.3, -0.25) is 4.79 Å². The third kappa shape index (κ3) is 11.2. The number of para-hydroxylation sites is 2. The fourth-order valence-electron chi connectivity index (χ4n) is 8.69. The van der Waals surface area contributed by atoms with Crippen molar-refractivity contribution in [1.82, 2.24) is 5.32 Å². The third-order valence-corrected chi connectivity index (χ3v) is 12.6. The molecule has 0 atom stereocenters. The highest BCUT2D eigenvalue weighted by Gasteiger charge is 2.44. The number of amides is 1. The Labute approximate surface area is 369 Å². The molecule has 1 N–H and O–H groups in total. The molecule has 62 heavy (non-hydrogen) atoms. The number of nitrogens with one attached hydrogen (secondary N) is 1. The van der Waals surface area contributed by atoms with E-state index in [0.717, 1.165) is 65.4 Å². The van der Waals surface area contributed by atoms with E-state index in [4.69, 9.17) is 14.2 Å². The van der Waals surface area contributed by atoms with Gasteiger partial charge in [0.2, 0.25) is 5.69 Å². The molecule has 0 saturated heterocycles. The molecular formula is C51H65N3O7S. The molecule has 0 aromatic heterocycles. The molecule has 10 nitrogen and oxygen atoms in total. The van der Waals surface area contributed by atoms with Crippen LogP contribution in [0.2, 0.25) is 0 Å². The monoisotopic (exact) mass is 863 g/mol. The van der Waals surface area contributed by atoms with Crippen LogP contribution in [-0.4, -0.2) is 81.0 Å². The van der Waals surface area contributed by atoms with Crippen LogP contribution in [0, 0.1) is 5.41 Å². The molecule has 0 spiro atoms. The number of benzene rings is 3. The van der Waals surface area contributed by atoms with Gasteiger partial charge in [-0.15, -0.1) is 0 Å². The van der Waals surface area contributed by atoms with E-state index in [-0.39, 0.29) is 23.2 Å². The number of ether oxygens (including phenoxy) is 3. The zero-order chi connectivity index (χ0) is 44.7. The number of carbonyl (C=O) groups excluding carboxylic acids is 1. The van der Waals surface area contributed by atoms with Crippen LogP contribution in [0.15, 0.2) is 120 Å². The lowest BCUT2D eigenvalue weighted by Crippen LogP contribution is -2.28. The maximum atomic E-state index is 13.4. The first kappa shape index (κ1) is 46.7. The molecule has 1 aliphatic carbocycles. The number of nitrogens with zero attached hydrogens (tertiary/aromatic N) is 2. The molecule has 3 aliphatic rings. The van der Waals surface area contributed by atoms with E-state index in [1.54, 1.807) is 6.07 Å². The SMILES string of the molecule is CC[N+]1=C(/C=C/C2=C(Oc3ccccc3)C(=C/C=C3/N(CCCS(=O)(=O)[O-])c4ccc(C(=O)NCCOCCOCC(C)(C)C)cc4C3(C)C)/CCC2)C(C)(C)c2ccccc21. The van der Waals surface area contributed by atoms with Gasteiger partial charge in [-0.2, -0.15) is 4.58 Å². The van der Waals surface area contributed by atoms with E-state index in [9.17, 15) is 17.8 Å². The topological polar surface area (TPSA) is 120 Å². The van der Waals surface area contributed by atoms with Crippen molar-refractivity contribution in [2.75, 3.05) is 56.7 Å². The summed E-state index contributed by atoms with van der Waals surface area (Å²) in [5.74, 6) is 0.899. The summed E-state index contributed by atoms with van der Waals surface area (Å²) in [4.78, 5) is 15.5. The lowest BCUT2D eigenvalue weighted by Gasteiger charge is -2.28. The molecule has 2 heterocycles. The van der Waals surface area contributed by atoms with Crippen LogP contribution in [-0.2, 0) is 30.4 Å². The van der Waals surface area contributed by atoms with E-state index >= 15 is 0 Å². The molecule has 0 bridgehead atoms. The molecular weight excluding hydrogens is 799 g/mol. The molecule has 2 aliphatic heterocycles.